The molecule has 0 bridgehead atoms. The molecule has 1 aromatic rings. The summed E-state index contributed by atoms with van der Waals surface area (Å²) in [6, 6.07) is 4.51. The lowest BCUT2D eigenvalue weighted by molar-refractivity contribution is 0.0976. The second-order valence-electron chi connectivity index (χ2n) is 4.57. The molecule has 0 saturated heterocycles. The topological polar surface area (TPSA) is 113 Å². The van der Waals surface area contributed by atoms with Gasteiger partial charge in [-0.1, -0.05) is 19.4 Å². The maximum Gasteiger partial charge on any atom is 0.257 e. The molecule has 0 fully saturated rings. The molecule has 6 nitrogen and oxygen atoms in total. The third-order valence-electron chi connectivity index (χ3n) is 2.78. The fourth-order valence-electron chi connectivity index (χ4n) is 1.81. The first kappa shape index (κ1) is 16.2. The zero-order valence-corrected chi connectivity index (χ0v) is 12.4. The highest BCUT2D eigenvalue weighted by Crippen LogP contribution is 2.20. The molecule has 0 saturated carbocycles. The Morgan fingerprint density at radius 2 is 2.05 bits per heavy atom. The summed E-state index contributed by atoms with van der Waals surface area (Å²) in [6.07, 6.45) is 3.59. The Morgan fingerprint density at radius 1 is 1.40 bits per heavy atom. The minimum absolute atomic E-state index is 0.155. The van der Waals surface area contributed by atoms with Crippen LogP contribution in [0.25, 0.3) is 0 Å². The van der Waals surface area contributed by atoms with Crippen LogP contribution < -0.4 is 11.1 Å². The SMILES string of the molecule is CCCCc1ccc(C(=O)NC(=N)N)cc1S(C)(=O)=O. The third-order valence-corrected chi connectivity index (χ3v) is 3.96. The maximum absolute atomic E-state index is 11.8. The smallest absolute Gasteiger partial charge is 0.257 e. The number of guanidine groups is 1. The molecule has 1 rings (SSSR count). The predicted molar refractivity (Wildman–Crippen MR) is 77.5 cm³/mol. The average molecular weight is 297 g/mol. The highest BCUT2D eigenvalue weighted by molar-refractivity contribution is 7.90. The number of aryl methyl sites for hydroxylation is 1. The van der Waals surface area contributed by atoms with Crippen LogP contribution in [-0.4, -0.2) is 26.5 Å². The maximum atomic E-state index is 11.8. The molecule has 0 atom stereocenters. The Kier molecular flexibility index (Phi) is 5.26. The molecule has 0 unspecified atom stereocenters. The van der Waals surface area contributed by atoms with Gasteiger partial charge in [0.2, 0.25) is 0 Å². The first-order chi connectivity index (χ1) is 9.25. The summed E-state index contributed by atoms with van der Waals surface area (Å²) < 4.78 is 23.6. The molecule has 1 aromatic carbocycles. The van der Waals surface area contributed by atoms with Gasteiger partial charge in [-0.2, -0.15) is 0 Å². The molecule has 0 aromatic heterocycles. The highest BCUT2D eigenvalue weighted by atomic mass is 32.2. The lowest BCUT2D eigenvalue weighted by atomic mass is 10.1. The van der Waals surface area contributed by atoms with E-state index in [0.29, 0.717) is 12.0 Å². The largest absolute Gasteiger partial charge is 0.370 e. The predicted octanol–water partition coefficient (Wildman–Crippen LogP) is 1.06. The van der Waals surface area contributed by atoms with Crippen molar-refractivity contribution in [3.8, 4) is 0 Å². The minimum atomic E-state index is -3.41. The van der Waals surface area contributed by atoms with E-state index in [2.05, 4.69) is 5.32 Å². The molecule has 20 heavy (non-hydrogen) atoms. The van der Waals surface area contributed by atoms with Crippen molar-refractivity contribution in [3.05, 3.63) is 29.3 Å². The second-order valence-corrected chi connectivity index (χ2v) is 6.55. The van der Waals surface area contributed by atoms with Gasteiger partial charge in [-0.25, -0.2) is 8.42 Å². The van der Waals surface area contributed by atoms with Gasteiger partial charge in [0.25, 0.3) is 5.91 Å². The van der Waals surface area contributed by atoms with Crippen molar-refractivity contribution in [2.45, 2.75) is 31.1 Å². The van der Waals surface area contributed by atoms with E-state index in [-0.39, 0.29) is 10.5 Å². The van der Waals surface area contributed by atoms with Crippen molar-refractivity contribution < 1.29 is 13.2 Å². The second kappa shape index (κ2) is 6.51. The molecule has 1 amide bonds. The van der Waals surface area contributed by atoms with E-state index in [9.17, 15) is 13.2 Å². The van der Waals surface area contributed by atoms with Gasteiger partial charge >= 0.3 is 0 Å². The van der Waals surface area contributed by atoms with Crippen molar-refractivity contribution in [2.24, 2.45) is 5.73 Å². The Bertz CT molecular complexity index is 624. The Balaban J connectivity index is 3.21. The third kappa shape index (κ3) is 4.34. The van der Waals surface area contributed by atoms with Gasteiger partial charge in [0.15, 0.2) is 15.8 Å². The van der Waals surface area contributed by atoms with Crippen molar-refractivity contribution in [3.63, 3.8) is 0 Å². The number of unbranched alkanes of at least 4 members (excludes halogenated alkanes) is 1. The molecule has 0 heterocycles. The zero-order valence-electron chi connectivity index (χ0n) is 11.6. The number of benzene rings is 1. The molecule has 4 N–H and O–H groups in total. The van der Waals surface area contributed by atoms with Crippen LogP contribution in [0.2, 0.25) is 0 Å². The lowest BCUT2D eigenvalue weighted by Crippen LogP contribution is -2.35. The number of hydrogen-bond donors (Lipinski definition) is 3. The first-order valence-corrected chi connectivity index (χ1v) is 8.13. The van der Waals surface area contributed by atoms with Gasteiger partial charge < -0.3 is 5.73 Å². The van der Waals surface area contributed by atoms with E-state index in [1.165, 1.54) is 12.1 Å². The van der Waals surface area contributed by atoms with Crippen LogP contribution in [0.5, 0.6) is 0 Å². The number of carbonyl (C=O) groups excluding carboxylic acids is 1. The summed E-state index contributed by atoms with van der Waals surface area (Å²) >= 11 is 0. The summed E-state index contributed by atoms with van der Waals surface area (Å²) in [5.41, 5.74) is 5.95. The fourth-order valence-corrected chi connectivity index (χ4v) is 2.80. The number of amides is 1. The quantitative estimate of drug-likeness (QED) is 0.557. The minimum Gasteiger partial charge on any atom is -0.370 e. The summed E-state index contributed by atoms with van der Waals surface area (Å²) in [5, 5.41) is 9.14. The number of rotatable bonds is 5. The number of sulfone groups is 1. The fraction of sp³-hybridized carbons (Fsp3) is 0.385. The van der Waals surface area contributed by atoms with Crippen molar-refractivity contribution in [1.29, 1.82) is 5.41 Å². The number of nitrogens with one attached hydrogen (secondary N) is 2. The zero-order chi connectivity index (χ0) is 15.3. The van der Waals surface area contributed by atoms with Crippen LogP contribution in [-0.2, 0) is 16.3 Å². The van der Waals surface area contributed by atoms with Crippen molar-refractivity contribution in [2.75, 3.05) is 6.26 Å². The highest BCUT2D eigenvalue weighted by Gasteiger charge is 2.16. The first-order valence-electron chi connectivity index (χ1n) is 6.24. The molecule has 7 heteroatoms. The molecular weight excluding hydrogens is 278 g/mol. The normalized spacial score (nSPS) is 11.1. The Hall–Kier alpha value is -1.89. The summed E-state index contributed by atoms with van der Waals surface area (Å²) in [7, 11) is -3.41. The van der Waals surface area contributed by atoms with Gasteiger partial charge in [0.05, 0.1) is 4.90 Å². The van der Waals surface area contributed by atoms with Crippen LogP contribution in [0, 0.1) is 5.41 Å². The van der Waals surface area contributed by atoms with E-state index in [0.717, 1.165) is 19.1 Å². The molecule has 110 valence electrons. The van der Waals surface area contributed by atoms with Crippen molar-refractivity contribution >= 4 is 21.7 Å². The monoisotopic (exact) mass is 297 g/mol. The van der Waals surface area contributed by atoms with Gasteiger partial charge in [0, 0.05) is 11.8 Å². The molecule has 0 aliphatic rings. The standard InChI is InChI=1S/C13H19N3O3S/c1-3-4-5-9-6-7-10(12(17)16-13(14)15)8-11(9)20(2,18)19/h6-8H,3-5H2,1-2H3,(H4,14,15,16,17). The van der Waals surface area contributed by atoms with Gasteiger partial charge in [-0.15, -0.1) is 0 Å². The van der Waals surface area contributed by atoms with Crippen LogP contribution in [0.15, 0.2) is 23.1 Å². The summed E-state index contributed by atoms with van der Waals surface area (Å²) in [4.78, 5) is 11.9. The van der Waals surface area contributed by atoms with E-state index in [1.54, 1.807) is 6.07 Å². The average Bonchev–Trinajstić information content (AvgIpc) is 2.34. The summed E-state index contributed by atoms with van der Waals surface area (Å²) in [6.45, 7) is 2.02. The van der Waals surface area contributed by atoms with Gasteiger partial charge in [-0.3, -0.25) is 15.5 Å². The lowest BCUT2D eigenvalue weighted by Gasteiger charge is -2.10. The van der Waals surface area contributed by atoms with Crippen LogP contribution in [0.1, 0.15) is 35.7 Å². The van der Waals surface area contributed by atoms with Crippen molar-refractivity contribution in [1.82, 2.24) is 5.32 Å². The van der Waals surface area contributed by atoms with Gasteiger partial charge in [-0.05, 0) is 30.5 Å². The molecule has 0 radical (unpaired) electrons. The molecule has 0 spiro atoms. The molecular formula is C13H19N3O3S. The van der Waals surface area contributed by atoms with E-state index in [1.807, 2.05) is 6.92 Å². The number of carbonyl (C=O) groups is 1. The van der Waals surface area contributed by atoms with Gasteiger partial charge in [0.1, 0.15) is 0 Å². The van der Waals surface area contributed by atoms with E-state index < -0.39 is 21.7 Å². The van der Waals surface area contributed by atoms with Crippen LogP contribution >= 0.6 is 0 Å². The Labute approximate surface area is 118 Å². The molecule has 0 aliphatic heterocycles. The number of nitrogens with two attached hydrogens (primary N) is 1. The van der Waals surface area contributed by atoms with Crippen LogP contribution in [0.4, 0.5) is 0 Å². The van der Waals surface area contributed by atoms with Crippen LogP contribution in [0.3, 0.4) is 0 Å². The molecule has 0 aliphatic carbocycles. The number of hydrogen-bond acceptors (Lipinski definition) is 4. The Morgan fingerprint density at radius 3 is 2.55 bits per heavy atom. The van der Waals surface area contributed by atoms with E-state index >= 15 is 0 Å². The van der Waals surface area contributed by atoms with E-state index in [4.69, 9.17) is 11.1 Å². The summed E-state index contributed by atoms with van der Waals surface area (Å²) in [5.74, 6) is -1.07.